The van der Waals surface area contributed by atoms with Crippen molar-refractivity contribution in [3.8, 4) is 0 Å². The molecule has 0 atom stereocenters. The molecule has 0 spiro atoms. The molecule has 0 aliphatic heterocycles. The van der Waals surface area contributed by atoms with Crippen LogP contribution in [0.15, 0.2) is 5.38 Å². The predicted molar refractivity (Wildman–Crippen MR) is 49.3 cm³/mol. The maximum atomic E-state index is 5.61. The molecule has 1 heterocycles. The van der Waals surface area contributed by atoms with E-state index in [0.29, 0.717) is 11.7 Å². The molecule has 0 amide bonds. The van der Waals surface area contributed by atoms with E-state index in [1.54, 1.807) is 5.38 Å². The van der Waals surface area contributed by atoms with Crippen molar-refractivity contribution in [2.24, 2.45) is 5.73 Å². The lowest BCUT2D eigenvalue weighted by Crippen LogP contribution is -2.07. The quantitative estimate of drug-likeness (QED) is 0.711. The number of rotatable bonds is 4. The van der Waals surface area contributed by atoms with E-state index in [1.807, 2.05) is 0 Å². The van der Waals surface area contributed by atoms with Gasteiger partial charge in [0.05, 0.1) is 0 Å². The summed E-state index contributed by atoms with van der Waals surface area (Å²) in [6.45, 7) is 1.56. The van der Waals surface area contributed by atoms with Crippen molar-refractivity contribution in [1.82, 2.24) is 4.98 Å². The van der Waals surface area contributed by atoms with Gasteiger partial charge < -0.3 is 11.1 Å². The molecule has 5 heteroatoms. The van der Waals surface area contributed by atoms with Crippen molar-refractivity contribution in [2.45, 2.75) is 6.42 Å². The van der Waals surface area contributed by atoms with E-state index in [1.165, 1.54) is 11.3 Å². The minimum Gasteiger partial charge on any atom is -0.361 e. The molecular formula is C6H10ClN3S. The van der Waals surface area contributed by atoms with E-state index >= 15 is 0 Å². The van der Waals surface area contributed by atoms with Gasteiger partial charge in [0.15, 0.2) is 5.13 Å². The first kappa shape index (κ1) is 8.77. The van der Waals surface area contributed by atoms with E-state index < -0.39 is 0 Å². The van der Waals surface area contributed by atoms with Crippen molar-refractivity contribution in [3.05, 3.63) is 10.5 Å². The number of nitrogens with zero attached hydrogens (tertiary/aromatic N) is 1. The molecule has 11 heavy (non-hydrogen) atoms. The molecule has 0 saturated heterocycles. The molecule has 62 valence electrons. The summed E-state index contributed by atoms with van der Waals surface area (Å²) in [5, 5.41) is 6.32. The Labute approximate surface area is 74.6 Å². The summed E-state index contributed by atoms with van der Waals surface area (Å²) >= 11 is 7.11. The highest BCUT2D eigenvalue weighted by Gasteiger charge is 1.96. The highest BCUT2D eigenvalue weighted by Crippen LogP contribution is 2.18. The molecule has 0 unspecified atom stereocenters. The first-order valence-corrected chi connectivity index (χ1v) is 4.63. The predicted octanol–water partition coefficient (Wildman–Crippen LogP) is 1.56. The molecule has 0 fully saturated rings. The fraction of sp³-hybridized carbons (Fsp3) is 0.500. The molecule has 1 aromatic rings. The van der Waals surface area contributed by atoms with Crippen LogP contribution in [0.4, 0.5) is 5.13 Å². The fourth-order valence-corrected chi connectivity index (χ4v) is 1.50. The lowest BCUT2D eigenvalue weighted by atomic mass is 10.4. The maximum Gasteiger partial charge on any atom is 0.184 e. The smallest absolute Gasteiger partial charge is 0.184 e. The Morgan fingerprint density at radius 2 is 2.55 bits per heavy atom. The second-order valence-corrected chi connectivity index (χ2v) is 3.29. The highest BCUT2D eigenvalue weighted by molar-refractivity contribution is 7.14. The number of hydrogen-bond acceptors (Lipinski definition) is 4. The molecule has 0 radical (unpaired) electrons. The number of thiazole rings is 1. The van der Waals surface area contributed by atoms with Gasteiger partial charge in [-0.25, -0.2) is 4.98 Å². The number of hydrogen-bond donors (Lipinski definition) is 2. The van der Waals surface area contributed by atoms with Gasteiger partial charge in [0.1, 0.15) is 5.15 Å². The molecule has 1 aromatic heterocycles. The Morgan fingerprint density at radius 3 is 3.09 bits per heavy atom. The van der Waals surface area contributed by atoms with Gasteiger partial charge in [0.2, 0.25) is 0 Å². The molecule has 3 nitrogen and oxygen atoms in total. The molecule has 0 bridgehead atoms. The summed E-state index contributed by atoms with van der Waals surface area (Å²) in [6, 6.07) is 0. The van der Waals surface area contributed by atoms with Crippen molar-refractivity contribution in [2.75, 3.05) is 18.4 Å². The van der Waals surface area contributed by atoms with Crippen LogP contribution in [-0.4, -0.2) is 18.1 Å². The molecule has 0 aliphatic rings. The Kier molecular flexibility index (Phi) is 3.62. The lowest BCUT2D eigenvalue weighted by molar-refractivity contribution is 0.873. The Balaban J connectivity index is 2.27. The first-order chi connectivity index (χ1) is 5.33. The average Bonchev–Trinajstić information content (AvgIpc) is 2.37. The third-order valence-electron chi connectivity index (χ3n) is 1.13. The van der Waals surface area contributed by atoms with Crippen LogP contribution < -0.4 is 11.1 Å². The lowest BCUT2D eigenvalue weighted by Gasteiger charge is -1.98. The molecule has 1 rings (SSSR count). The van der Waals surface area contributed by atoms with Crippen LogP contribution in [0, 0.1) is 0 Å². The van der Waals surface area contributed by atoms with E-state index in [9.17, 15) is 0 Å². The Morgan fingerprint density at radius 1 is 1.73 bits per heavy atom. The molecule has 0 saturated carbocycles. The molecule has 0 aliphatic carbocycles. The Bertz CT molecular complexity index is 213. The number of halogens is 1. The summed E-state index contributed by atoms with van der Waals surface area (Å²) in [5.74, 6) is 0. The van der Waals surface area contributed by atoms with Crippen molar-refractivity contribution in [3.63, 3.8) is 0 Å². The minimum absolute atomic E-state index is 0.547. The van der Waals surface area contributed by atoms with Crippen LogP contribution >= 0.6 is 22.9 Å². The van der Waals surface area contributed by atoms with Crippen LogP contribution in [0.5, 0.6) is 0 Å². The van der Waals surface area contributed by atoms with Crippen molar-refractivity contribution in [1.29, 1.82) is 0 Å². The zero-order chi connectivity index (χ0) is 8.10. The van der Waals surface area contributed by atoms with Crippen LogP contribution in [0.3, 0.4) is 0 Å². The second-order valence-electron chi connectivity index (χ2n) is 2.04. The van der Waals surface area contributed by atoms with Crippen LogP contribution in [0.25, 0.3) is 0 Å². The van der Waals surface area contributed by atoms with Gasteiger partial charge in [0.25, 0.3) is 0 Å². The van der Waals surface area contributed by atoms with Gasteiger partial charge in [-0.3, -0.25) is 0 Å². The van der Waals surface area contributed by atoms with Gasteiger partial charge in [-0.15, -0.1) is 11.3 Å². The molecular weight excluding hydrogens is 182 g/mol. The van der Waals surface area contributed by atoms with E-state index in [4.69, 9.17) is 17.3 Å². The normalized spacial score (nSPS) is 10.0. The van der Waals surface area contributed by atoms with Gasteiger partial charge >= 0.3 is 0 Å². The van der Waals surface area contributed by atoms with Crippen LogP contribution in [-0.2, 0) is 0 Å². The van der Waals surface area contributed by atoms with Crippen molar-refractivity contribution >= 4 is 28.1 Å². The summed E-state index contributed by atoms with van der Waals surface area (Å²) < 4.78 is 0. The van der Waals surface area contributed by atoms with E-state index in [0.717, 1.165) is 18.1 Å². The third kappa shape index (κ3) is 3.05. The zero-order valence-corrected chi connectivity index (χ0v) is 7.58. The second kappa shape index (κ2) is 4.54. The fourth-order valence-electron chi connectivity index (χ4n) is 0.633. The SMILES string of the molecule is NCCCNc1nc(Cl)cs1. The van der Waals surface area contributed by atoms with Gasteiger partial charge in [-0.2, -0.15) is 0 Å². The van der Waals surface area contributed by atoms with Crippen LogP contribution in [0.1, 0.15) is 6.42 Å². The van der Waals surface area contributed by atoms with Crippen LogP contribution in [0.2, 0.25) is 5.15 Å². The number of nitrogens with one attached hydrogen (secondary N) is 1. The molecule has 3 N–H and O–H groups in total. The minimum atomic E-state index is 0.547. The van der Waals surface area contributed by atoms with E-state index in [-0.39, 0.29) is 0 Å². The van der Waals surface area contributed by atoms with Gasteiger partial charge in [0, 0.05) is 11.9 Å². The number of anilines is 1. The number of nitrogens with two attached hydrogens (primary N) is 1. The topological polar surface area (TPSA) is 50.9 Å². The average molecular weight is 192 g/mol. The standard InChI is InChI=1S/C6H10ClN3S/c7-5-4-11-6(10-5)9-3-1-2-8/h4H,1-3,8H2,(H,9,10). The monoisotopic (exact) mass is 191 g/mol. The van der Waals surface area contributed by atoms with Gasteiger partial charge in [-0.05, 0) is 13.0 Å². The molecule has 0 aromatic carbocycles. The summed E-state index contributed by atoms with van der Waals surface area (Å²) in [6.07, 6.45) is 0.956. The summed E-state index contributed by atoms with van der Waals surface area (Å²) in [4.78, 5) is 4.01. The third-order valence-corrected chi connectivity index (χ3v) is 2.26. The summed E-state index contributed by atoms with van der Waals surface area (Å²) in [7, 11) is 0. The summed E-state index contributed by atoms with van der Waals surface area (Å²) in [5.41, 5.74) is 5.31. The van der Waals surface area contributed by atoms with Crippen molar-refractivity contribution < 1.29 is 0 Å². The Hall–Kier alpha value is -0.320. The number of aromatic nitrogens is 1. The zero-order valence-electron chi connectivity index (χ0n) is 6.01. The van der Waals surface area contributed by atoms with Gasteiger partial charge in [-0.1, -0.05) is 11.6 Å². The first-order valence-electron chi connectivity index (χ1n) is 3.38. The maximum absolute atomic E-state index is 5.61. The largest absolute Gasteiger partial charge is 0.361 e. The highest BCUT2D eigenvalue weighted by atomic mass is 35.5. The van der Waals surface area contributed by atoms with E-state index in [2.05, 4.69) is 10.3 Å².